The number of benzene rings is 1. The topological polar surface area (TPSA) is 25.0 Å². The maximum absolute atomic E-state index is 6.20. The second-order valence-corrected chi connectivity index (χ2v) is 6.65. The van der Waals surface area contributed by atoms with Crippen molar-refractivity contribution in [2.45, 2.75) is 39.0 Å². The zero-order valence-electron chi connectivity index (χ0n) is 12.2. The lowest BCUT2D eigenvalue weighted by Crippen LogP contribution is -2.20. The summed E-state index contributed by atoms with van der Waals surface area (Å²) in [4.78, 5) is 3.30. The average molecular weight is 322 g/mol. The first-order chi connectivity index (χ1) is 10.2. The summed E-state index contributed by atoms with van der Waals surface area (Å²) in [6, 6.07) is 5.82. The Kier molecular flexibility index (Phi) is 4.51. The largest absolute Gasteiger partial charge is 0.492 e. The fourth-order valence-electron chi connectivity index (χ4n) is 2.78. The van der Waals surface area contributed by atoms with Gasteiger partial charge in [-0.15, -0.1) is 0 Å². The number of halogens is 1. The Morgan fingerprint density at radius 3 is 2.86 bits per heavy atom. The van der Waals surface area contributed by atoms with Crippen molar-refractivity contribution in [2.24, 2.45) is 5.92 Å². The highest BCUT2D eigenvalue weighted by atomic mass is 35.5. The van der Waals surface area contributed by atoms with Gasteiger partial charge in [0.15, 0.2) is 0 Å². The molecule has 1 aromatic carbocycles. The smallest absolute Gasteiger partial charge is 0.134 e. The molecule has 1 aromatic heterocycles. The van der Waals surface area contributed by atoms with Crippen molar-refractivity contribution in [2.75, 3.05) is 6.61 Å². The highest BCUT2D eigenvalue weighted by Crippen LogP contribution is 2.34. The third kappa shape index (κ3) is 3.09. The number of hydrogen-bond donors (Lipinski definition) is 1. The summed E-state index contributed by atoms with van der Waals surface area (Å²) >= 11 is 11.7. The molecule has 0 amide bonds. The molecule has 0 unspecified atom stereocenters. The van der Waals surface area contributed by atoms with Crippen LogP contribution in [0.5, 0.6) is 5.75 Å². The minimum atomic E-state index is 0.700. The van der Waals surface area contributed by atoms with Gasteiger partial charge in [-0.25, -0.2) is 0 Å². The first-order valence-corrected chi connectivity index (χ1v) is 8.45. The number of fused-ring (bicyclic) bond motifs is 1. The summed E-state index contributed by atoms with van der Waals surface area (Å²) in [5.74, 6) is 1.64. The summed E-state index contributed by atoms with van der Waals surface area (Å²) in [5, 5.41) is 1.77. The van der Waals surface area contributed by atoms with Crippen molar-refractivity contribution >= 4 is 34.7 Å². The minimum Gasteiger partial charge on any atom is -0.492 e. The molecule has 1 heterocycles. The Balaban J connectivity index is 2.07. The molecule has 4 heteroatoms. The molecule has 2 nitrogen and oxygen atoms in total. The first kappa shape index (κ1) is 14.9. The fourth-order valence-corrected chi connectivity index (χ4v) is 3.26. The van der Waals surface area contributed by atoms with E-state index in [4.69, 9.17) is 28.6 Å². The van der Waals surface area contributed by atoms with Crippen molar-refractivity contribution in [1.82, 2.24) is 4.98 Å². The van der Waals surface area contributed by atoms with Gasteiger partial charge in [-0.2, -0.15) is 0 Å². The number of ether oxygens (including phenoxy) is 1. The van der Waals surface area contributed by atoms with Gasteiger partial charge < -0.3 is 9.72 Å². The maximum atomic E-state index is 6.20. The number of hydrogen-bond acceptors (Lipinski definition) is 2. The number of aromatic amines is 1. The highest BCUT2D eigenvalue weighted by Gasteiger charge is 2.20. The lowest BCUT2D eigenvalue weighted by molar-refractivity contribution is 0.181. The zero-order valence-corrected chi connectivity index (χ0v) is 13.8. The van der Waals surface area contributed by atoms with E-state index in [2.05, 4.69) is 11.9 Å². The molecule has 0 bridgehead atoms. The lowest BCUT2D eigenvalue weighted by atomic mass is 9.86. The van der Waals surface area contributed by atoms with Crippen molar-refractivity contribution in [1.29, 1.82) is 0 Å². The van der Waals surface area contributed by atoms with Crippen LogP contribution in [0, 0.1) is 10.6 Å². The molecule has 3 rings (SSSR count). The summed E-state index contributed by atoms with van der Waals surface area (Å²) in [7, 11) is 0. The molecule has 0 saturated heterocycles. The van der Waals surface area contributed by atoms with Crippen LogP contribution in [0.15, 0.2) is 18.2 Å². The highest BCUT2D eigenvalue weighted by molar-refractivity contribution is 7.71. The molecular weight excluding hydrogens is 302 g/mol. The number of rotatable bonds is 5. The van der Waals surface area contributed by atoms with Crippen LogP contribution in [-0.2, 0) is 6.42 Å². The number of aromatic nitrogens is 1. The van der Waals surface area contributed by atoms with Gasteiger partial charge in [0.2, 0.25) is 0 Å². The van der Waals surface area contributed by atoms with Gasteiger partial charge >= 0.3 is 0 Å². The van der Waals surface area contributed by atoms with E-state index in [1.54, 1.807) is 0 Å². The van der Waals surface area contributed by atoms with Gasteiger partial charge in [0, 0.05) is 16.0 Å². The molecule has 1 aliphatic rings. The molecule has 21 heavy (non-hydrogen) atoms. The van der Waals surface area contributed by atoms with Crippen LogP contribution in [0.4, 0.5) is 0 Å². The summed E-state index contributed by atoms with van der Waals surface area (Å²) in [6.45, 7) is 2.95. The van der Waals surface area contributed by atoms with E-state index < -0.39 is 0 Å². The maximum Gasteiger partial charge on any atom is 0.134 e. The number of nitrogens with one attached hydrogen (secondary N) is 1. The third-order valence-corrected chi connectivity index (χ3v) is 4.79. The quantitative estimate of drug-likeness (QED) is 0.716. The second kappa shape index (κ2) is 6.37. The standard InChI is InChI=1S/C17H20ClNOS/c1-2-4-13-16(20-10-11-5-3-6-11)14-9-12(18)7-8-15(14)19-17(13)21/h7-9,11H,2-6,10H2,1H3,(H,19,21). The van der Waals surface area contributed by atoms with Crippen LogP contribution >= 0.6 is 23.8 Å². The lowest BCUT2D eigenvalue weighted by Gasteiger charge is -2.26. The molecular formula is C17H20ClNOS. The second-order valence-electron chi connectivity index (χ2n) is 5.81. The molecule has 1 fully saturated rings. The van der Waals surface area contributed by atoms with Gasteiger partial charge in [0.25, 0.3) is 0 Å². The third-order valence-electron chi connectivity index (χ3n) is 4.21. The minimum absolute atomic E-state index is 0.700. The molecule has 1 N–H and O–H groups in total. The number of pyridine rings is 1. The van der Waals surface area contributed by atoms with Gasteiger partial charge in [-0.3, -0.25) is 0 Å². The van der Waals surface area contributed by atoms with Crippen LogP contribution in [-0.4, -0.2) is 11.6 Å². The molecule has 0 atom stereocenters. The number of H-pyrrole nitrogens is 1. The first-order valence-electron chi connectivity index (χ1n) is 7.66. The van der Waals surface area contributed by atoms with E-state index in [1.807, 2.05) is 18.2 Å². The Hall–Kier alpha value is -1.06. The van der Waals surface area contributed by atoms with Crippen LogP contribution in [0.1, 0.15) is 38.2 Å². The molecule has 1 saturated carbocycles. The van der Waals surface area contributed by atoms with E-state index in [9.17, 15) is 0 Å². The van der Waals surface area contributed by atoms with Crippen molar-refractivity contribution < 1.29 is 4.74 Å². The molecule has 112 valence electrons. The van der Waals surface area contributed by atoms with E-state index in [1.165, 1.54) is 19.3 Å². The van der Waals surface area contributed by atoms with Crippen molar-refractivity contribution in [3.05, 3.63) is 33.4 Å². The molecule has 0 radical (unpaired) electrons. The van der Waals surface area contributed by atoms with Crippen LogP contribution in [0.25, 0.3) is 10.9 Å². The Labute approximate surface area is 135 Å². The summed E-state index contributed by atoms with van der Waals surface area (Å²) in [6.07, 6.45) is 5.86. The van der Waals surface area contributed by atoms with Gasteiger partial charge in [-0.1, -0.05) is 43.6 Å². The van der Waals surface area contributed by atoms with Crippen molar-refractivity contribution in [3.63, 3.8) is 0 Å². The van der Waals surface area contributed by atoms with Gasteiger partial charge in [0.05, 0.1) is 12.1 Å². The van der Waals surface area contributed by atoms with Crippen LogP contribution < -0.4 is 4.74 Å². The van der Waals surface area contributed by atoms with E-state index >= 15 is 0 Å². The van der Waals surface area contributed by atoms with Crippen LogP contribution in [0.2, 0.25) is 5.02 Å². The fraction of sp³-hybridized carbons (Fsp3) is 0.471. The van der Waals surface area contributed by atoms with Gasteiger partial charge in [-0.05, 0) is 43.4 Å². The Morgan fingerprint density at radius 1 is 1.38 bits per heavy atom. The van der Waals surface area contributed by atoms with E-state index in [0.717, 1.165) is 51.3 Å². The van der Waals surface area contributed by atoms with Crippen molar-refractivity contribution in [3.8, 4) is 5.75 Å². The predicted octanol–water partition coefficient (Wildman–Crippen LogP) is 5.68. The normalized spacial score (nSPS) is 15.1. The zero-order chi connectivity index (χ0) is 14.8. The summed E-state index contributed by atoms with van der Waals surface area (Å²) in [5.41, 5.74) is 2.11. The molecule has 2 aromatic rings. The molecule has 1 aliphatic carbocycles. The van der Waals surface area contributed by atoms with E-state index in [-0.39, 0.29) is 0 Å². The SMILES string of the molecule is CCCc1c(OCC2CCC2)c2cc(Cl)ccc2[nH]c1=S. The Bertz CT molecular complexity index is 706. The molecule has 0 aliphatic heterocycles. The summed E-state index contributed by atoms with van der Waals surface area (Å²) < 4.78 is 6.98. The monoisotopic (exact) mass is 321 g/mol. The van der Waals surface area contributed by atoms with Crippen LogP contribution in [0.3, 0.4) is 0 Å². The molecule has 0 spiro atoms. The predicted molar refractivity (Wildman–Crippen MR) is 91.0 cm³/mol. The van der Waals surface area contributed by atoms with E-state index in [0.29, 0.717) is 5.92 Å². The average Bonchev–Trinajstić information content (AvgIpc) is 2.41. The van der Waals surface area contributed by atoms with Gasteiger partial charge in [0.1, 0.15) is 10.4 Å². The Morgan fingerprint density at radius 2 is 2.19 bits per heavy atom.